The molecule has 1 saturated carbocycles. The Morgan fingerprint density at radius 1 is 1.35 bits per heavy atom. The zero-order valence-corrected chi connectivity index (χ0v) is 18.2. The number of aromatic nitrogens is 1. The number of carbonyl (C=O) groups excluding carboxylic acids is 3. The predicted molar refractivity (Wildman–Crippen MR) is 108 cm³/mol. The van der Waals surface area contributed by atoms with E-state index in [1.807, 2.05) is 6.92 Å². The summed E-state index contributed by atoms with van der Waals surface area (Å²) in [6, 6.07) is 0.926. The molecule has 1 aliphatic heterocycles. The highest BCUT2D eigenvalue weighted by molar-refractivity contribution is 7.93. The summed E-state index contributed by atoms with van der Waals surface area (Å²) < 4.78 is 34.6. The lowest BCUT2D eigenvalue weighted by atomic mass is 9.94. The van der Waals surface area contributed by atoms with Gasteiger partial charge in [0.25, 0.3) is 0 Å². The maximum atomic E-state index is 13.2. The maximum absolute atomic E-state index is 13.2. The third-order valence-corrected chi connectivity index (χ3v) is 7.09. The van der Waals surface area contributed by atoms with Crippen LogP contribution in [0.3, 0.4) is 0 Å². The lowest BCUT2D eigenvalue weighted by molar-refractivity contribution is -0.428. The summed E-state index contributed by atoms with van der Waals surface area (Å²) in [6.45, 7) is 4.45. The molecule has 1 fully saturated rings. The molecule has 0 saturated heterocycles. The van der Waals surface area contributed by atoms with Gasteiger partial charge in [0.1, 0.15) is 11.6 Å². The molecule has 10 nitrogen and oxygen atoms in total. The standard InChI is InChI=1S/C20H23N4O6S/c1-12-8-14(30-21-12)11-24-18(26)16-9-15(31(28,29)22-20(3)6-7-20)4-5-17(16)23(19(24)27)10-13(2)25/h4-5,8-9,16,22H,6-7,10-11H2,1-3H3/q+1. The van der Waals surface area contributed by atoms with Crippen molar-refractivity contribution < 1.29 is 31.9 Å². The average molecular weight is 447 g/mol. The quantitative estimate of drug-likeness (QED) is 0.618. The highest BCUT2D eigenvalue weighted by atomic mass is 32.2. The van der Waals surface area contributed by atoms with Crippen molar-refractivity contribution in [2.75, 3.05) is 6.54 Å². The molecule has 4 rings (SSSR count). The molecule has 1 N–H and O–H groups in total. The fourth-order valence-corrected chi connectivity index (χ4v) is 5.11. The van der Waals surface area contributed by atoms with Crippen molar-refractivity contribution in [2.45, 2.75) is 45.7 Å². The molecule has 3 amide bonds. The van der Waals surface area contributed by atoms with E-state index in [2.05, 4.69) is 9.88 Å². The molecule has 0 radical (unpaired) electrons. The molecule has 1 aromatic heterocycles. The first-order valence-corrected chi connectivity index (χ1v) is 11.3. The van der Waals surface area contributed by atoms with Crippen molar-refractivity contribution in [3.63, 3.8) is 0 Å². The Kier molecular flexibility index (Phi) is 5.05. The highest BCUT2D eigenvalue weighted by Crippen LogP contribution is 2.36. The van der Waals surface area contributed by atoms with E-state index in [0.29, 0.717) is 11.5 Å². The lowest BCUT2D eigenvalue weighted by Gasteiger charge is -2.27. The Morgan fingerprint density at radius 3 is 2.65 bits per heavy atom. The molecular weight excluding hydrogens is 424 g/mol. The minimum Gasteiger partial charge on any atom is -0.357 e. The SMILES string of the molecule is CC(=O)C[N+]1=C2C=CC(S(=O)(=O)NC3(C)CC3)=CC2C(=O)N(Cc2cc(C)no2)C1=O. The fraction of sp³-hybridized carbons (Fsp3) is 0.450. The summed E-state index contributed by atoms with van der Waals surface area (Å²) in [6.07, 6.45) is 5.58. The fourth-order valence-electron chi connectivity index (χ4n) is 3.58. The number of fused-ring (bicyclic) bond motifs is 1. The molecule has 164 valence electrons. The van der Waals surface area contributed by atoms with Gasteiger partial charge in [-0.05, 0) is 51.8 Å². The molecule has 0 spiro atoms. The van der Waals surface area contributed by atoms with Crippen molar-refractivity contribution in [1.82, 2.24) is 14.8 Å². The monoisotopic (exact) mass is 447 g/mol. The normalized spacial score (nSPS) is 22.5. The Labute approximate surface area is 179 Å². The van der Waals surface area contributed by atoms with Crippen LogP contribution in [0, 0.1) is 12.8 Å². The van der Waals surface area contributed by atoms with Crippen molar-refractivity contribution in [3.8, 4) is 0 Å². The van der Waals surface area contributed by atoms with Crippen LogP contribution in [0.2, 0.25) is 0 Å². The second-order valence-electron chi connectivity index (χ2n) is 8.40. The van der Waals surface area contributed by atoms with E-state index in [1.54, 1.807) is 13.0 Å². The minimum absolute atomic E-state index is 0.0460. The third-order valence-electron chi connectivity index (χ3n) is 5.44. The van der Waals surface area contributed by atoms with Crippen LogP contribution in [0.4, 0.5) is 4.79 Å². The number of ketones is 1. The molecule has 3 aliphatic rings. The zero-order valence-electron chi connectivity index (χ0n) is 17.4. The number of allylic oxidation sites excluding steroid dienone is 2. The van der Waals surface area contributed by atoms with E-state index in [0.717, 1.165) is 17.7 Å². The molecule has 1 atom stereocenters. The predicted octanol–water partition coefficient (Wildman–Crippen LogP) is 1.03. The van der Waals surface area contributed by atoms with E-state index in [-0.39, 0.29) is 29.5 Å². The summed E-state index contributed by atoms with van der Waals surface area (Å²) in [5, 5.41) is 3.76. The van der Waals surface area contributed by atoms with Crippen LogP contribution in [0.15, 0.2) is 33.7 Å². The average Bonchev–Trinajstić information content (AvgIpc) is 3.25. The third kappa shape index (κ3) is 4.15. The van der Waals surface area contributed by atoms with Gasteiger partial charge in [0.05, 0.1) is 10.6 Å². The summed E-state index contributed by atoms with van der Waals surface area (Å²) >= 11 is 0. The Bertz CT molecular complexity index is 1190. The van der Waals surface area contributed by atoms with Gasteiger partial charge in [-0.15, -0.1) is 0 Å². The first-order chi connectivity index (χ1) is 14.5. The first-order valence-electron chi connectivity index (χ1n) is 9.84. The highest BCUT2D eigenvalue weighted by Gasteiger charge is 2.49. The van der Waals surface area contributed by atoms with Crippen molar-refractivity contribution >= 4 is 33.5 Å². The van der Waals surface area contributed by atoms with Gasteiger partial charge in [-0.3, -0.25) is 4.79 Å². The van der Waals surface area contributed by atoms with Crippen molar-refractivity contribution in [1.29, 1.82) is 0 Å². The van der Waals surface area contributed by atoms with Gasteiger partial charge in [0.15, 0.2) is 24.6 Å². The summed E-state index contributed by atoms with van der Waals surface area (Å²) in [4.78, 5) is 38.9. The van der Waals surface area contributed by atoms with E-state index in [9.17, 15) is 22.8 Å². The number of carbonyl (C=O) groups is 3. The molecule has 11 heteroatoms. The van der Waals surface area contributed by atoms with Crippen molar-refractivity contribution in [2.24, 2.45) is 5.92 Å². The molecule has 31 heavy (non-hydrogen) atoms. The molecule has 2 heterocycles. The number of sulfonamides is 1. The van der Waals surface area contributed by atoms with Crippen LogP contribution in [0.25, 0.3) is 0 Å². The van der Waals surface area contributed by atoms with E-state index >= 15 is 0 Å². The molecule has 2 aliphatic carbocycles. The number of nitrogens with one attached hydrogen (secondary N) is 1. The summed E-state index contributed by atoms with van der Waals surface area (Å²) in [5.41, 5.74) is 0.390. The van der Waals surface area contributed by atoms with Gasteiger partial charge >= 0.3 is 11.9 Å². The second-order valence-corrected chi connectivity index (χ2v) is 10.1. The van der Waals surface area contributed by atoms with Crippen molar-refractivity contribution in [3.05, 3.63) is 40.7 Å². The van der Waals surface area contributed by atoms with Gasteiger partial charge in [-0.25, -0.2) is 17.9 Å². The van der Waals surface area contributed by atoms with Gasteiger partial charge in [-0.1, -0.05) is 5.16 Å². The van der Waals surface area contributed by atoms with Crippen LogP contribution in [-0.2, 0) is 26.2 Å². The second kappa shape index (κ2) is 7.34. The summed E-state index contributed by atoms with van der Waals surface area (Å²) in [5.74, 6) is -1.59. The molecular formula is C20H23N4O6S+. The Hall–Kier alpha value is -2.92. The number of nitrogens with zero attached hydrogens (tertiary/aromatic N) is 3. The first kappa shape index (κ1) is 21.3. The lowest BCUT2D eigenvalue weighted by Crippen LogP contribution is -2.55. The largest absolute Gasteiger partial charge is 0.501 e. The summed E-state index contributed by atoms with van der Waals surface area (Å²) in [7, 11) is -3.84. The van der Waals surface area contributed by atoms with E-state index in [1.165, 1.54) is 29.7 Å². The maximum Gasteiger partial charge on any atom is 0.501 e. The van der Waals surface area contributed by atoms with E-state index < -0.39 is 33.4 Å². The smallest absolute Gasteiger partial charge is 0.357 e. The number of amides is 3. The number of hydrogen-bond donors (Lipinski definition) is 1. The van der Waals surface area contributed by atoms with Gasteiger partial charge in [0, 0.05) is 11.6 Å². The number of aryl methyl sites for hydroxylation is 1. The number of rotatable bonds is 7. The number of hydrogen-bond acceptors (Lipinski definition) is 7. The molecule has 1 unspecified atom stereocenters. The Morgan fingerprint density at radius 2 is 2.06 bits per heavy atom. The van der Waals surface area contributed by atoms with Gasteiger partial charge < -0.3 is 4.52 Å². The molecule has 0 aromatic carbocycles. The number of urea groups is 1. The van der Waals surface area contributed by atoms with Crippen LogP contribution in [0.5, 0.6) is 0 Å². The van der Waals surface area contributed by atoms with Gasteiger partial charge in [0.2, 0.25) is 10.0 Å². The van der Waals surface area contributed by atoms with Crippen LogP contribution in [0.1, 0.15) is 38.1 Å². The topological polar surface area (TPSA) is 130 Å². The van der Waals surface area contributed by atoms with Gasteiger partial charge in [-0.2, -0.15) is 14.3 Å². The molecule has 0 bridgehead atoms. The van der Waals surface area contributed by atoms with Crippen LogP contribution < -0.4 is 4.72 Å². The number of Topliss-reactive ketones (excluding diaryl/α,β-unsaturated/α-hetero) is 1. The number of imide groups is 1. The van der Waals surface area contributed by atoms with Crippen LogP contribution in [-0.4, -0.2) is 58.6 Å². The van der Waals surface area contributed by atoms with E-state index in [4.69, 9.17) is 4.52 Å². The van der Waals surface area contributed by atoms with Crippen LogP contribution >= 0.6 is 0 Å². The zero-order chi connectivity index (χ0) is 22.6. The molecule has 1 aromatic rings. The minimum atomic E-state index is -3.84. The Balaban J connectivity index is 1.72.